The number of ether oxygens (including phenoxy) is 1. The van der Waals surface area contributed by atoms with Gasteiger partial charge < -0.3 is 25.4 Å². The van der Waals surface area contributed by atoms with Crippen LogP contribution in [0.3, 0.4) is 0 Å². The molecule has 0 heterocycles. The van der Waals surface area contributed by atoms with Crippen molar-refractivity contribution >= 4 is 17.9 Å². The molecule has 0 aliphatic rings. The zero-order valence-electron chi connectivity index (χ0n) is 21.4. The predicted octanol–water partition coefficient (Wildman–Crippen LogP) is 3.40. The molecule has 2 unspecified atom stereocenters. The van der Waals surface area contributed by atoms with Crippen molar-refractivity contribution in [2.45, 2.75) is 65.8 Å². The smallest absolute Gasteiger partial charge is 0.408 e. The maximum Gasteiger partial charge on any atom is 0.408 e. The number of aliphatic hydroxyl groups excluding tert-OH is 1. The fourth-order valence-electron chi connectivity index (χ4n) is 3.59. The van der Waals surface area contributed by atoms with Gasteiger partial charge in [-0.2, -0.15) is 0 Å². The standard InChI is InChI=1S/C27H37N3O5/c1-7-30(25(33)22(17-31)29-26(34)35-27(4,5)6)23(21-14-13-18(2)19(3)15-21)24(32)28-16-20-11-9-8-10-12-20/h8-15,22-23,31H,7,16-17H2,1-6H3,(H,28,32)(H,29,34). The van der Waals surface area contributed by atoms with Gasteiger partial charge in [0.05, 0.1) is 6.61 Å². The second kappa shape index (κ2) is 12.4. The third-order valence-corrected chi connectivity index (χ3v) is 5.51. The molecule has 0 saturated heterocycles. The van der Waals surface area contributed by atoms with Gasteiger partial charge >= 0.3 is 6.09 Å². The lowest BCUT2D eigenvalue weighted by Crippen LogP contribution is -2.54. The number of carbonyl (C=O) groups is 3. The molecule has 8 nitrogen and oxygen atoms in total. The highest BCUT2D eigenvalue weighted by molar-refractivity contribution is 5.92. The zero-order valence-corrected chi connectivity index (χ0v) is 21.4. The molecule has 0 spiro atoms. The van der Waals surface area contributed by atoms with Crippen LogP contribution in [0.25, 0.3) is 0 Å². The molecule has 3 N–H and O–H groups in total. The van der Waals surface area contributed by atoms with Crippen LogP contribution in [0, 0.1) is 13.8 Å². The Morgan fingerprint density at radius 2 is 1.69 bits per heavy atom. The van der Waals surface area contributed by atoms with E-state index in [4.69, 9.17) is 4.74 Å². The zero-order chi connectivity index (χ0) is 26.2. The largest absolute Gasteiger partial charge is 0.444 e. The van der Waals surface area contributed by atoms with E-state index in [1.165, 1.54) is 4.90 Å². The van der Waals surface area contributed by atoms with Crippen molar-refractivity contribution in [3.63, 3.8) is 0 Å². The molecule has 0 aliphatic heterocycles. The van der Waals surface area contributed by atoms with Gasteiger partial charge in [-0.15, -0.1) is 0 Å². The highest BCUT2D eigenvalue weighted by Gasteiger charge is 2.35. The summed E-state index contributed by atoms with van der Waals surface area (Å²) in [5.74, 6) is -0.944. The van der Waals surface area contributed by atoms with E-state index in [1.807, 2.05) is 62.4 Å². The van der Waals surface area contributed by atoms with Crippen molar-refractivity contribution < 1.29 is 24.2 Å². The topological polar surface area (TPSA) is 108 Å². The minimum Gasteiger partial charge on any atom is -0.444 e. The minimum atomic E-state index is -1.26. The Morgan fingerprint density at radius 1 is 1.03 bits per heavy atom. The first-order valence-corrected chi connectivity index (χ1v) is 11.8. The molecule has 2 rings (SSSR count). The van der Waals surface area contributed by atoms with E-state index in [-0.39, 0.29) is 12.5 Å². The van der Waals surface area contributed by atoms with Gasteiger partial charge in [-0.1, -0.05) is 48.5 Å². The number of nitrogens with zero attached hydrogens (tertiary/aromatic N) is 1. The molecule has 0 aromatic heterocycles. The van der Waals surface area contributed by atoms with Crippen LogP contribution in [0.1, 0.15) is 56.0 Å². The maximum atomic E-state index is 13.5. The Balaban J connectivity index is 2.35. The Bertz CT molecular complexity index is 1020. The summed E-state index contributed by atoms with van der Waals surface area (Å²) in [6.45, 7) is 10.6. The number of carbonyl (C=O) groups excluding carboxylic acids is 3. The first kappa shape index (κ1) is 27.9. The molecule has 0 radical (unpaired) electrons. The average Bonchev–Trinajstić information content (AvgIpc) is 2.80. The third kappa shape index (κ3) is 8.10. The normalized spacial score (nSPS) is 12.9. The molecule has 190 valence electrons. The maximum absolute atomic E-state index is 13.5. The van der Waals surface area contributed by atoms with E-state index in [0.29, 0.717) is 12.1 Å². The van der Waals surface area contributed by atoms with Gasteiger partial charge in [0.15, 0.2) is 0 Å². The molecule has 2 atom stereocenters. The highest BCUT2D eigenvalue weighted by Crippen LogP contribution is 2.25. The van der Waals surface area contributed by atoms with Gasteiger partial charge in [0.25, 0.3) is 0 Å². The second-order valence-corrected chi connectivity index (χ2v) is 9.46. The number of aryl methyl sites for hydroxylation is 2. The van der Waals surface area contributed by atoms with Gasteiger partial charge in [-0.05, 0) is 63.8 Å². The van der Waals surface area contributed by atoms with Crippen molar-refractivity contribution in [2.75, 3.05) is 13.2 Å². The van der Waals surface area contributed by atoms with Crippen LogP contribution in [-0.4, -0.2) is 52.7 Å². The van der Waals surface area contributed by atoms with E-state index < -0.39 is 36.3 Å². The number of amides is 3. The lowest BCUT2D eigenvalue weighted by molar-refractivity contribution is -0.143. The minimum absolute atomic E-state index is 0.182. The second-order valence-electron chi connectivity index (χ2n) is 9.46. The Kier molecular flexibility index (Phi) is 9.83. The Labute approximate surface area is 207 Å². The molecule has 0 aliphatic carbocycles. The van der Waals surface area contributed by atoms with Crippen molar-refractivity contribution in [2.24, 2.45) is 0 Å². The average molecular weight is 484 g/mol. The van der Waals surface area contributed by atoms with Crippen molar-refractivity contribution in [3.8, 4) is 0 Å². The molecule has 8 heteroatoms. The van der Waals surface area contributed by atoms with E-state index >= 15 is 0 Å². The van der Waals surface area contributed by atoms with Gasteiger partial charge in [-0.25, -0.2) is 4.79 Å². The summed E-state index contributed by atoms with van der Waals surface area (Å²) in [5.41, 5.74) is 2.84. The fourth-order valence-corrected chi connectivity index (χ4v) is 3.59. The van der Waals surface area contributed by atoms with Gasteiger partial charge in [0, 0.05) is 13.1 Å². The van der Waals surface area contributed by atoms with E-state index in [9.17, 15) is 19.5 Å². The number of benzene rings is 2. The summed E-state index contributed by atoms with van der Waals surface area (Å²) in [6.07, 6.45) is -0.822. The summed E-state index contributed by atoms with van der Waals surface area (Å²) < 4.78 is 5.23. The van der Waals surface area contributed by atoms with Gasteiger partial charge in [0.1, 0.15) is 17.7 Å². The molecule has 35 heavy (non-hydrogen) atoms. The predicted molar refractivity (Wildman–Crippen MR) is 135 cm³/mol. The van der Waals surface area contributed by atoms with Crippen LogP contribution in [-0.2, 0) is 20.9 Å². The summed E-state index contributed by atoms with van der Waals surface area (Å²) in [4.78, 5) is 40.6. The molecular weight excluding hydrogens is 446 g/mol. The fraction of sp³-hybridized carbons (Fsp3) is 0.444. The third-order valence-electron chi connectivity index (χ3n) is 5.51. The number of aliphatic hydroxyl groups is 1. The number of likely N-dealkylation sites (N-methyl/N-ethyl adjacent to an activating group) is 1. The quantitative estimate of drug-likeness (QED) is 0.507. The molecule has 0 saturated carbocycles. The van der Waals surface area contributed by atoms with Crippen LogP contribution >= 0.6 is 0 Å². The van der Waals surface area contributed by atoms with Crippen LogP contribution in [0.2, 0.25) is 0 Å². The molecule has 2 aromatic carbocycles. The first-order valence-electron chi connectivity index (χ1n) is 11.8. The lowest BCUT2D eigenvalue weighted by Gasteiger charge is -2.33. The van der Waals surface area contributed by atoms with E-state index in [0.717, 1.165) is 16.7 Å². The van der Waals surface area contributed by atoms with Crippen molar-refractivity contribution in [1.29, 1.82) is 0 Å². The molecule has 0 bridgehead atoms. The summed E-state index contributed by atoms with van der Waals surface area (Å²) in [7, 11) is 0. The van der Waals surface area contributed by atoms with Crippen LogP contribution < -0.4 is 10.6 Å². The number of rotatable bonds is 9. The van der Waals surface area contributed by atoms with Gasteiger partial charge in [-0.3, -0.25) is 9.59 Å². The van der Waals surface area contributed by atoms with E-state index in [2.05, 4.69) is 10.6 Å². The first-order chi connectivity index (χ1) is 16.5. The van der Waals surface area contributed by atoms with Gasteiger partial charge in [0.2, 0.25) is 11.8 Å². The number of hydrogen-bond acceptors (Lipinski definition) is 5. The summed E-state index contributed by atoms with van der Waals surface area (Å²) >= 11 is 0. The Hall–Kier alpha value is -3.39. The summed E-state index contributed by atoms with van der Waals surface area (Å²) in [5, 5.41) is 15.2. The highest BCUT2D eigenvalue weighted by atomic mass is 16.6. The Morgan fingerprint density at radius 3 is 2.23 bits per heavy atom. The van der Waals surface area contributed by atoms with Crippen LogP contribution in [0.15, 0.2) is 48.5 Å². The van der Waals surface area contributed by atoms with Crippen molar-refractivity contribution in [3.05, 3.63) is 70.8 Å². The molecule has 3 amide bonds. The molecule has 2 aromatic rings. The lowest BCUT2D eigenvalue weighted by atomic mass is 9.98. The number of nitrogens with one attached hydrogen (secondary N) is 2. The monoisotopic (exact) mass is 483 g/mol. The SMILES string of the molecule is CCN(C(=O)C(CO)NC(=O)OC(C)(C)C)C(C(=O)NCc1ccccc1)c1ccc(C)c(C)c1. The van der Waals surface area contributed by atoms with Crippen molar-refractivity contribution in [1.82, 2.24) is 15.5 Å². The molecule has 0 fully saturated rings. The van der Waals surface area contributed by atoms with E-state index in [1.54, 1.807) is 27.7 Å². The number of alkyl carbamates (subject to hydrolysis) is 1. The van der Waals surface area contributed by atoms with Crippen LogP contribution in [0.5, 0.6) is 0 Å². The number of hydrogen-bond donors (Lipinski definition) is 3. The van der Waals surface area contributed by atoms with Crippen LogP contribution in [0.4, 0.5) is 4.79 Å². The summed E-state index contributed by atoms with van der Waals surface area (Å²) in [6, 6.07) is 12.9. The molecular formula is C27H37N3O5.